The standard InChI is InChI=1S/C14H25N5/c1-5-8-19(10-9-18(3)4)14-12(13(15)16)11(2)6-7-17-14/h6-7H,5,8-10H2,1-4H3,(H3,15,16). The van der Waals surface area contributed by atoms with Gasteiger partial charge >= 0.3 is 0 Å². The SMILES string of the molecule is CCCN(CCN(C)C)c1nccc(C)c1C(=N)N. The summed E-state index contributed by atoms with van der Waals surface area (Å²) in [4.78, 5) is 8.80. The lowest BCUT2D eigenvalue weighted by molar-refractivity contribution is 0.412. The Balaban J connectivity index is 3.07. The van der Waals surface area contributed by atoms with Crippen molar-refractivity contribution in [1.82, 2.24) is 9.88 Å². The van der Waals surface area contributed by atoms with Gasteiger partial charge in [-0.2, -0.15) is 0 Å². The van der Waals surface area contributed by atoms with Crippen LogP contribution in [0.3, 0.4) is 0 Å². The van der Waals surface area contributed by atoms with Crippen LogP contribution in [0.4, 0.5) is 5.82 Å². The molecule has 3 N–H and O–H groups in total. The predicted molar refractivity (Wildman–Crippen MR) is 81.0 cm³/mol. The Labute approximate surface area is 115 Å². The quantitative estimate of drug-likeness (QED) is 0.577. The molecule has 0 atom stereocenters. The number of hydrogen-bond acceptors (Lipinski definition) is 4. The van der Waals surface area contributed by atoms with E-state index in [4.69, 9.17) is 11.1 Å². The zero-order valence-electron chi connectivity index (χ0n) is 12.4. The van der Waals surface area contributed by atoms with E-state index >= 15 is 0 Å². The molecule has 1 rings (SSSR count). The summed E-state index contributed by atoms with van der Waals surface area (Å²) in [6, 6.07) is 1.90. The van der Waals surface area contributed by atoms with E-state index in [0.29, 0.717) is 0 Å². The van der Waals surface area contributed by atoms with Gasteiger partial charge in [0, 0.05) is 25.8 Å². The lowest BCUT2D eigenvalue weighted by Gasteiger charge is -2.27. The topological polar surface area (TPSA) is 69.2 Å². The van der Waals surface area contributed by atoms with E-state index in [9.17, 15) is 0 Å². The molecule has 0 saturated carbocycles. The minimum Gasteiger partial charge on any atom is -0.384 e. The number of nitrogens with two attached hydrogens (primary N) is 1. The van der Waals surface area contributed by atoms with E-state index in [1.807, 2.05) is 13.0 Å². The average Bonchev–Trinajstić information content (AvgIpc) is 2.33. The van der Waals surface area contributed by atoms with Crippen molar-refractivity contribution in [2.75, 3.05) is 38.6 Å². The van der Waals surface area contributed by atoms with Crippen molar-refractivity contribution < 1.29 is 0 Å². The van der Waals surface area contributed by atoms with Gasteiger partial charge in [-0.1, -0.05) is 6.92 Å². The Morgan fingerprint density at radius 2 is 2.00 bits per heavy atom. The number of amidine groups is 1. The molecule has 5 nitrogen and oxygen atoms in total. The normalized spacial score (nSPS) is 10.8. The van der Waals surface area contributed by atoms with E-state index in [-0.39, 0.29) is 5.84 Å². The molecule has 0 saturated heterocycles. The van der Waals surface area contributed by atoms with Crippen LogP contribution in [0.25, 0.3) is 0 Å². The number of aromatic nitrogens is 1. The summed E-state index contributed by atoms with van der Waals surface area (Å²) < 4.78 is 0. The van der Waals surface area contributed by atoms with Crippen molar-refractivity contribution >= 4 is 11.7 Å². The lowest BCUT2D eigenvalue weighted by Crippen LogP contribution is -2.34. The number of hydrogen-bond donors (Lipinski definition) is 2. The number of aryl methyl sites for hydroxylation is 1. The zero-order valence-corrected chi connectivity index (χ0v) is 12.4. The maximum absolute atomic E-state index is 7.76. The first-order valence-corrected chi connectivity index (χ1v) is 6.67. The van der Waals surface area contributed by atoms with Crippen LogP contribution in [-0.2, 0) is 0 Å². The molecule has 0 aliphatic carbocycles. The second-order valence-corrected chi connectivity index (χ2v) is 5.03. The third-order valence-corrected chi connectivity index (χ3v) is 3.02. The lowest BCUT2D eigenvalue weighted by atomic mass is 10.1. The molecular weight excluding hydrogens is 238 g/mol. The van der Waals surface area contributed by atoms with Crippen molar-refractivity contribution in [3.63, 3.8) is 0 Å². The molecule has 106 valence electrons. The number of rotatable bonds is 7. The Morgan fingerprint density at radius 3 is 2.53 bits per heavy atom. The van der Waals surface area contributed by atoms with Gasteiger partial charge in [0.25, 0.3) is 0 Å². The fourth-order valence-electron chi connectivity index (χ4n) is 2.03. The molecule has 0 bridgehead atoms. The van der Waals surface area contributed by atoms with Crippen LogP contribution in [0.5, 0.6) is 0 Å². The van der Waals surface area contributed by atoms with Crippen LogP contribution >= 0.6 is 0 Å². The summed E-state index contributed by atoms with van der Waals surface area (Å²) in [5.74, 6) is 0.919. The highest BCUT2D eigenvalue weighted by atomic mass is 15.2. The second kappa shape index (κ2) is 7.09. The molecule has 0 radical (unpaired) electrons. The molecular formula is C14H25N5. The Morgan fingerprint density at radius 1 is 1.32 bits per heavy atom. The molecule has 19 heavy (non-hydrogen) atoms. The van der Waals surface area contributed by atoms with E-state index in [1.54, 1.807) is 6.20 Å². The summed E-state index contributed by atoms with van der Waals surface area (Å²) in [5, 5.41) is 7.76. The van der Waals surface area contributed by atoms with Crippen LogP contribution in [0.1, 0.15) is 24.5 Å². The number of nitrogens with one attached hydrogen (secondary N) is 1. The average molecular weight is 263 g/mol. The van der Waals surface area contributed by atoms with E-state index in [1.165, 1.54) is 0 Å². The summed E-state index contributed by atoms with van der Waals surface area (Å²) in [5.41, 5.74) is 7.47. The second-order valence-electron chi connectivity index (χ2n) is 5.03. The molecule has 0 amide bonds. The van der Waals surface area contributed by atoms with Crippen LogP contribution < -0.4 is 10.6 Å². The minimum atomic E-state index is 0.0894. The van der Waals surface area contributed by atoms with Gasteiger partial charge in [-0.05, 0) is 39.1 Å². The van der Waals surface area contributed by atoms with Gasteiger partial charge in [-0.3, -0.25) is 5.41 Å². The van der Waals surface area contributed by atoms with Crippen LogP contribution in [0, 0.1) is 12.3 Å². The fourth-order valence-corrected chi connectivity index (χ4v) is 2.03. The van der Waals surface area contributed by atoms with Crippen molar-refractivity contribution in [1.29, 1.82) is 5.41 Å². The van der Waals surface area contributed by atoms with Crippen molar-refractivity contribution in [2.45, 2.75) is 20.3 Å². The van der Waals surface area contributed by atoms with Gasteiger partial charge < -0.3 is 15.5 Å². The molecule has 0 unspecified atom stereocenters. The highest BCUT2D eigenvalue weighted by Crippen LogP contribution is 2.20. The Bertz CT molecular complexity index is 428. The first kappa shape index (κ1) is 15.4. The molecule has 0 fully saturated rings. The van der Waals surface area contributed by atoms with Gasteiger partial charge in [-0.15, -0.1) is 0 Å². The van der Waals surface area contributed by atoms with Crippen LogP contribution in [0.2, 0.25) is 0 Å². The third kappa shape index (κ3) is 4.21. The van der Waals surface area contributed by atoms with Crippen molar-refractivity contribution in [3.05, 3.63) is 23.4 Å². The van der Waals surface area contributed by atoms with E-state index < -0.39 is 0 Å². The smallest absolute Gasteiger partial charge is 0.139 e. The van der Waals surface area contributed by atoms with Gasteiger partial charge in [0.2, 0.25) is 0 Å². The van der Waals surface area contributed by atoms with E-state index in [0.717, 1.165) is 43.0 Å². The highest BCUT2D eigenvalue weighted by Gasteiger charge is 2.16. The number of likely N-dealkylation sites (N-methyl/N-ethyl adjacent to an activating group) is 1. The van der Waals surface area contributed by atoms with E-state index in [2.05, 4.69) is 35.8 Å². The molecule has 0 aliphatic rings. The van der Waals surface area contributed by atoms with Crippen molar-refractivity contribution in [3.8, 4) is 0 Å². The monoisotopic (exact) mass is 263 g/mol. The number of nitrogen functional groups attached to an aromatic ring is 1. The number of anilines is 1. The highest BCUT2D eigenvalue weighted by molar-refractivity contribution is 6.01. The number of pyridine rings is 1. The minimum absolute atomic E-state index is 0.0894. The third-order valence-electron chi connectivity index (χ3n) is 3.02. The van der Waals surface area contributed by atoms with Crippen LogP contribution in [0.15, 0.2) is 12.3 Å². The first-order chi connectivity index (χ1) is 8.97. The van der Waals surface area contributed by atoms with Crippen molar-refractivity contribution in [2.24, 2.45) is 5.73 Å². The summed E-state index contributed by atoms with van der Waals surface area (Å²) in [7, 11) is 4.11. The zero-order chi connectivity index (χ0) is 14.4. The number of nitrogens with zero attached hydrogens (tertiary/aromatic N) is 3. The van der Waals surface area contributed by atoms with Gasteiger partial charge in [0.15, 0.2) is 0 Å². The Hall–Kier alpha value is -1.62. The largest absolute Gasteiger partial charge is 0.384 e. The van der Waals surface area contributed by atoms with Gasteiger partial charge in [0.05, 0.1) is 5.56 Å². The van der Waals surface area contributed by atoms with Crippen LogP contribution in [-0.4, -0.2) is 49.4 Å². The molecule has 1 aromatic heterocycles. The first-order valence-electron chi connectivity index (χ1n) is 6.67. The maximum atomic E-state index is 7.76. The van der Waals surface area contributed by atoms with Gasteiger partial charge in [0.1, 0.15) is 11.7 Å². The molecule has 0 aromatic carbocycles. The summed E-state index contributed by atoms with van der Waals surface area (Å²) >= 11 is 0. The summed E-state index contributed by atoms with van der Waals surface area (Å²) in [6.07, 6.45) is 2.83. The molecule has 0 spiro atoms. The van der Waals surface area contributed by atoms with Gasteiger partial charge in [-0.25, -0.2) is 4.98 Å². The summed E-state index contributed by atoms with van der Waals surface area (Å²) in [6.45, 7) is 6.87. The molecule has 5 heteroatoms. The fraction of sp³-hybridized carbons (Fsp3) is 0.571. The predicted octanol–water partition coefficient (Wildman–Crippen LogP) is 1.45. The maximum Gasteiger partial charge on any atom is 0.139 e. The Kier molecular flexibility index (Phi) is 5.76. The molecule has 1 aromatic rings. The molecule has 1 heterocycles. The molecule has 0 aliphatic heterocycles.